The summed E-state index contributed by atoms with van der Waals surface area (Å²) in [6.45, 7) is 4.65. The number of amides is 2. The summed E-state index contributed by atoms with van der Waals surface area (Å²) in [6.07, 6.45) is 0.253. The minimum absolute atomic E-state index is 0.0561. The van der Waals surface area contributed by atoms with E-state index >= 15 is 0 Å². The molecule has 5 nitrogen and oxygen atoms in total. The van der Waals surface area contributed by atoms with Gasteiger partial charge in [0, 0.05) is 35.8 Å². The molecule has 0 unspecified atom stereocenters. The third kappa shape index (κ3) is 4.80. The molecule has 142 valence electrons. The summed E-state index contributed by atoms with van der Waals surface area (Å²) in [5.74, 6) is 0.179. The molecule has 0 saturated carbocycles. The fourth-order valence-corrected chi connectivity index (χ4v) is 3.31. The van der Waals surface area contributed by atoms with E-state index in [1.54, 1.807) is 23.1 Å². The molecule has 3 rings (SSSR count). The number of para-hydroxylation sites is 1. The van der Waals surface area contributed by atoms with Crippen LogP contribution in [0.2, 0.25) is 5.02 Å². The number of ether oxygens (including phenoxy) is 1. The first-order valence-electron chi connectivity index (χ1n) is 9.02. The quantitative estimate of drug-likeness (QED) is 0.821. The van der Waals surface area contributed by atoms with E-state index in [0.29, 0.717) is 18.1 Å². The standard InChI is InChI=1S/C21H23ClN2O3/c1-14(2)27-19-9-4-3-6-15(19)12-23-21(26)16-10-20(25)24(13-16)18-8-5-7-17(22)11-18/h3-9,11,14,16H,10,12-13H2,1-2H3,(H,23,26)/t16-/m1/s1. The zero-order valence-corrected chi connectivity index (χ0v) is 16.2. The van der Waals surface area contributed by atoms with Crippen LogP contribution >= 0.6 is 11.6 Å². The molecule has 1 atom stereocenters. The van der Waals surface area contributed by atoms with Gasteiger partial charge in [0.2, 0.25) is 11.8 Å². The smallest absolute Gasteiger partial charge is 0.227 e. The van der Waals surface area contributed by atoms with Crippen molar-refractivity contribution in [3.05, 3.63) is 59.1 Å². The van der Waals surface area contributed by atoms with Crippen molar-refractivity contribution in [2.75, 3.05) is 11.4 Å². The molecule has 1 aliphatic heterocycles. The van der Waals surface area contributed by atoms with Gasteiger partial charge in [0.1, 0.15) is 5.75 Å². The third-order valence-electron chi connectivity index (χ3n) is 4.40. The number of hydrogen-bond donors (Lipinski definition) is 1. The van der Waals surface area contributed by atoms with Crippen LogP contribution in [-0.2, 0) is 16.1 Å². The molecule has 1 aliphatic rings. The van der Waals surface area contributed by atoms with Gasteiger partial charge in [-0.1, -0.05) is 35.9 Å². The molecule has 27 heavy (non-hydrogen) atoms. The zero-order valence-electron chi connectivity index (χ0n) is 15.4. The maximum atomic E-state index is 12.6. The van der Waals surface area contributed by atoms with Crippen LogP contribution in [-0.4, -0.2) is 24.5 Å². The highest BCUT2D eigenvalue weighted by Crippen LogP contribution is 2.27. The lowest BCUT2D eigenvalue weighted by Crippen LogP contribution is -2.32. The molecule has 6 heteroatoms. The summed E-state index contributed by atoms with van der Waals surface area (Å²) >= 11 is 6.01. The number of nitrogens with zero attached hydrogens (tertiary/aromatic N) is 1. The van der Waals surface area contributed by atoms with E-state index < -0.39 is 0 Å². The first-order valence-corrected chi connectivity index (χ1v) is 9.40. The molecule has 1 saturated heterocycles. The molecule has 2 amide bonds. The van der Waals surface area contributed by atoms with Crippen molar-refractivity contribution in [2.45, 2.75) is 32.9 Å². The minimum atomic E-state index is -0.380. The molecule has 1 fully saturated rings. The maximum absolute atomic E-state index is 12.6. The number of halogens is 1. The monoisotopic (exact) mass is 386 g/mol. The number of benzene rings is 2. The van der Waals surface area contributed by atoms with Crippen LogP contribution in [0.3, 0.4) is 0 Å². The molecule has 0 radical (unpaired) electrons. The van der Waals surface area contributed by atoms with Gasteiger partial charge in [-0.05, 0) is 38.1 Å². The summed E-state index contributed by atoms with van der Waals surface area (Å²) in [4.78, 5) is 26.5. The average molecular weight is 387 g/mol. The SMILES string of the molecule is CC(C)Oc1ccccc1CNC(=O)[C@@H]1CC(=O)N(c2cccc(Cl)c2)C1. The molecule has 0 spiro atoms. The van der Waals surface area contributed by atoms with Crippen LogP contribution in [0.1, 0.15) is 25.8 Å². The fraction of sp³-hybridized carbons (Fsp3) is 0.333. The Morgan fingerprint density at radius 2 is 2.04 bits per heavy atom. The molecule has 2 aromatic rings. The Labute approximate surface area is 164 Å². The minimum Gasteiger partial charge on any atom is -0.491 e. The van der Waals surface area contributed by atoms with E-state index in [-0.39, 0.29) is 30.3 Å². The van der Waals surface area contributed by atoms with E-state index in [1.807, 2.05) is 44.2 Å². The van der Waals surface area contributed by atoms with Gasteiger partial charge >= 0.3 is 0 Å². The van der Waals surface area contributed by atoms with E-state index in [9.17, 15) is 9.59 Å². The molecule has 0 bridgehead atoms. The number of nitrogens with one attached hydrogen (secondary N) is 1. The van der Waals surface area contributed by atoms with E-state index in [2.05, 4.69) is 5.32 Å². The highest BCUT2D eigenvalue weighted by atomic mass is 35.5. The van der Waals surface area contributed by atoms with Crippen LogP contribution in [0.4, 0.5) is 5.69 Å². The first kappa shape index (κ1) is 19.2. The predicted octanol–water partition coefficient (Wildman–Crippen LogP) is 3.80. The molecule has 2 aromatic carbocycles. The zero-order chi connectivity index (χ0) is 19.4. The summed E-state index contributed by atoms with van der Waals surface area (Å²) < 4.78 is 5.78. The van der Waals surface area contributed by atoms with Crippen molar-refractivity contribution in [3.63, 3.8) is 0 Å². The van der Waals surface area contributed by atoms with Gasteiger partial charge < -0.3 is 15.0 Å². The van der Waals surface area contributed by atoms with Gasteiger partial charge in [-0.3, -0.25) is 9.59 Å². The van der Waals surface area contributed by atoms with Gasteiger partial charge in [-0.25, -0.2) is 0 Å². The molecule has 1 heterocycles. The predicted molar refractivity (Wildman–Crippen MR) is 106 cm³/mol. The van der Waals surface area contributed by atoms with Crippen molar-refractivity contribution in [1.29, 1.82) is 0 Å². The van der Waals surface area contributed by atoms with Crippen LogP contribution in [0.25, 0.3) is 0 Å². The highest BCUT2D eigenvalue weighted by Gasteiger charge is 2.35. The number of rotatable bonds is 6. The van der Waals surface area contributed by atoms with Crippen LogP contribution in [0, 0.1) is 5.92 Å². The van der Waals surface area contributed by atoms with Crippen LogP contribution in [0.5, 0.6) is 5.75 Å². The average Bonchev–Trinajstić information content (AvgIpc) is 3.02. The lowest BCUT2D eigenvalue weighted by atomic mass is 10.1. The second kappa shape index (κ2) is 8.44. The van der Waals surface area contributed by atoms with E-state index in [4.69, 9.17) is 16.3 Å². The van der Waals surface area contributed by atoms with Crippen molar-refractivity contribution in [2.24, 2.45) is 5.92 Å². The topological polar surface area (TPSA) is 58.6 Å². The maximum Gasteiger partial charge on any atom is 0.227 e. The second-order valence-corrected chi connectivity index (χ2v) is 7.31. The van der Waals surface area contributed by atoms with Crippen molar-refractivity contribution in [3.8, 4) is 5.75 Å². The molecular formula is C21H23ClN2O3. The lowest BCUT2D eigenvalue weighted by Gasteiger charge is -2.17. The van der Waals surface area contributed by atoms with Gasteiger partial charge in [0.05, 0.1) is 12.0 Å². The van der Waals surface area contributed by atoms with Gasteiger partial charge in [-0.15, -0.1) is 0 Å². The summed E-state index contributed by atoms with van der Waals surface area (Å²) in [5, 5.41) is 3.50. The summed E-state index contributed by atoms with van der Waals surface area (Å²) in [5.41, 5.74) is 1.63. The number of anilines is 1. The van der Waals surface area contributed by atoms with E-state index in [0.717, 1.165) is 17.0 Å². The van der Waals surface area contributed by atoms with Crippen molar-refractivity contribution >= 4 is 29.1 Å². The lowest BCUT2D eigenvalue weighted by molar-refractivity contribution is -0.126. The van der Waals surface area contributed by atoms with Crippen LogP contribution in [0.15, 0.2) is 48.5 Å². The first-order chi connectivity index (χ1) is 12.9. The largest absolute Gasteiger partial charge is 0.491 e. The Morgan fingerprint density at radius 1 is 1.26 bits per heavy atom. The summed E-state index contributed by atoms with van der Waals surface area (Å²) in [6, 6.07) is 14.7. The fourth-order valence-electron chi connectivity index (χ4n) is 3.12. The van der Waals surface area contributed by atoms with Gasteiger partial charge in [-0.2, -0.15) is 0 Å². The van der Waals surface area contributed by atoms with Crippen LogP contribution < -0.4 is 15.0 Å². The Bertz CT molecular complexity index is 838. The van der Waals surface area contributed by atoms with Gasteiger partial charge in [0.25, 0.3) is 0 Å². The highest BCUT2D eigenvalue weighted by molar-refractivity contribution is 6.31. The number of carbonyl (C=O) groups excluding carboxylic acids is 2. The third-order valence-corrected chi connectivity index (χ3v) is 4.64. The van der Waals surface area contributed by atoms with Crippen molar-refractivity contribution in [1.82, 2.24) is 5.32 Å². The van der Waals surface area contributed by atoms with Gasteiger partial charge in [0.15, 0.2) is 0 Å². The number of hydrogen-bond acceptors (Lipinski definition) is 3. The second-order valence-electron chi connectivity index (χ2n) is 6.88. The number of carbonyl (C=O) groups is 2. The molecular weight excluding hydrogens is 364 g/mol. The Morgan fingerprint density at radius 3 is 2.78 bits per heavy atom. The molecule has 0 aromatic heterocycles. The summed E-state index contributed by atoms with van der Waals surface area (Å²) in [7, 11) is 0. The Hall–Kier alpha value is -2.53. The normalized spacial score (nSPS) is 16.7. The molecule has 1 N–H and O–H groups in total. The van der Waals surface area contributed by atoms with E-state index in [1.165, 1.54) is 0 Å². The molecule has 0 aliphatic carbocycles. The Balaban J connectivity index is 1.62. The Kier molecular flexibility index (Phi) is 6.01. The van der Waals surface area contributed by atoms with Crippen molar-refractivity contribution < 1.29 is 14.3 Å².